The van der Waals surface area contributed by atoms with E-state index in [0.29, 0.717) is 31.9 Å². The zero-order valence-electron chi connectivity index (χ0n) is 14.4. The van der Waals surface area contributed by atoms with Gasteiger partial charge < -0.3 is 9.80 Å². The third-order valence-corrected chi connectivity index (χ3v) is 5.51. The molecule has 2 aliphatic rings. The van der Waals surface area contributed by atoms with Gasteiger partial charge in [-0.05, 0) is 18.9 Å². The molecule has 0 unspecified atom stereocenters. The Morgan fingerprint density at radius 3 is 2.40 bits per heavy atom. The largest absolute Gasteiger partial charge is 0.339 e. The molecule has 6 nitrogen and oxygen atoms in total. The third kappa shape index (κ3) is 3.13. The number of aromatic amines is 1. The van der Waals surface area contributed by atoms with Crippen LogP contribution in [0.25, 0.3) is 10.9 Å². The van der Waals surface area contributed by atoms with Gasteiger partial charge in [0.2, 0.25) is 5.91 Å². The van der Waals surface area contributed by atoms with Crippen LogP contribution in [0.4, 0.5) is 0 Å². The molecule has 25 heavy (non-hydrogen) atoms. The van der Waals surface area contributed by atoms with Gasteiger partial charge in [-0.2, -0.15) is 5.10 Å². The molecule has 1 aromatic carbocycles. The van der Waals surface area contributed by atoms with Crippen LogP contribution in [0.3, 0.4) is 0 Å². The Hall–Kier alpha value is -2.37. The van der Waals surface area contributed by atoms with Crippen LogP contribution in [0.5, 0.6) is 0 Å². The van der Waals surface area contributed by atoms with Crippen LogP contribution in [-0.2, 0) is 4.79 Å². The van der Waals surface area contributed by atoms with Gasteiger partial charge >= 0.3 is 0 Å². The summed E-state index contributed by atoms with van der Waals surface area (Å²) < 4.78 is 0. The number of piperazine rings is 1. The van der Waals surface area contributed by atoms with Crippen molar-refractivity contribution in [1.29, 1.82) is 0 Å². The zero-order chi connectivity index (χ0) is 17.2. The summed E-state index contributed by atoms with van der Waals surface area (Å²) in [7, 11) is 0. The molecule has 4 rings (SSSR count). The van der Waals surface area contributed by atoms with Crippen molar-refractivity contribution in [3.63, 3.8) is 0 Å². The highest BCUT2D eigenvalue weighted by molar-refractivity contribution is 6.04. The average molecular weight is 340 g/mol. The van der Waals surface area contributed by atoms with Crippen LogP contribution in [0.15, 0.2) is 24.3 Å². The van der Waals surface area contributed by atoms with Gasteiger partial charge in [-0.15, -0.1) is 0 Å². The second kappa shape index (κ2) is 6.86. The number of carbonyl (C=O) groups is 2. The van der Waals surface area contributed by atoms with E-state index in [1.165, 1.54) is 19.3 Å². The number of nitrogens with one attached hydrogen (secondary N) is 1. The summed E-state index contributed by atoms with van der Waals surface area (Å²) in [5.74, 6) is 0.436. The van der Waals surface area contributed by atoms with Crippen molar-refractivity contribution in [2.75, 3.05) is 26.2 Å². The third-order valence-electron chi connectivity index (χ3n) is 5.51. The van der Waals surface area contributed by atoms with Crippen molar-refractivity contribution >= 4 is 22.7 Å². The lowest BCUT2D eigenvalue weighted by molar-refractivity contribution is -0.138. The molecule has 0 bridgehead atoms. The molecule has 6 heteroatoms. The van der Waals surface area contributed by atoms with Crippen molar-refractivity contribution in [2.24, 2.45) is 5.92 Å². The molecule has 1 aliphatic carbocycles. The molecule has 0 atom stereocenters. The summed E-state index contributed by atoms with van der Waals surface area (Å²) in [6, 6.07) is 7.66. The molecule has 1 N–H and O–H groups in total. The molecule has 1 saturated carbocycles. The number of benzene rings is 1. The van der Waals surface area contributed by atoms with E-state index in [1.54, 1.807) is 0 Å². The monoisotopic (exact) mass is 340 g/mol. The van der Waals surface area contributed by atoms with Crippen LogP contribution < -0.4 is 0 Å². The zero-order valence-corrected chi connectivity index (χ0v) is 14.4. The van der Waals surface area contributed by atoms with Crippen LogP contribution in [-0.4, -0.2) is 58.0 Å². The number of fused-ring (bicyclic) bond motifs is 1. The van der Waals surface area contributed by atoms with Crippen LogP contribution in [0, 0.1) is 5.92 Å². The number of rotatable bonds is 2. The molecule has 1 saturated heterocycles. The smallest absolute Gasteiger partial charge is 0.275 e. The summed E-state index contributed by atoms with van der Waals surface area (Å²) >= 11 is 0. The van der Waals surface area contributed by atoms with E-state index in [-0.39, 0.29) is 17.7 Å². The number of carbonyl (C=O) groups excluding carboxylic acids is 2. The summed E-state index contributed by atoms with van der Waals surface area (Å²) in [4.78, 5) is 29.2. The van der Waals surface area contributed by atoms with Gasteiger partial charge in [0.1, 0.15) is 0 Å². The number of para-hydroxylation sites is 1. The van der Waals surface area contributed by atoms with E-state index in [2.05, 4.69) is 10.2 Å². The van der Waals surface area contributed by atoms with E-state index < -0.39 is 0 Å². The molecule has 0 radical (unpaired) electrons. The normalized spacial score (nSPS) is 19.4. The minimum absolute atomic E-state index is 0.0535. The van der Waals surface area contributed by atoms with Crippen molar-refractivity contribution in [2.45, 2.75) is 32.1 Å². The van der Waals surface area contributed by atoms with Gasteiger partial charge in [0.15, 0.2) is 5.69 Å². The second-order valence-corrected chi connectivity index (χ2v) is 7.07. The van der Waals surface area contributed by atoms with Crippen molar-refractivity contribution in [1.82, 2.24) is 20.0 Å². The molecule has 2 amide bonds. The van der Waals surface area contributed by atoms with Crippen LogP contribution in [0.2, 0.25) is 0 Å². The molecule has 2 fully saturated rings. The molecule has 1 aliphatic heterocycles. The number of hydrogen-bond donors (Lipinski definition) is 1. The van der Waals surface area contributed by atoms with Gasteiger partial charge in [-0.25, -0.2) is 0 Å². The molecule has 132 valence electrons. The lowest BCUT2D eigenvalue weighted by Gasteiger charge is -2.37. The van der Waals surface area contributed by atoms with Gasteiger partial charge in [0.25, 0.3) is 5.91 Å². The minimum Gasteiger partial charge on any atom is -0.339 e. The number of aromatic nitrogens is 2. The number of amides is 2. The Bertz CT molecular complexity index is 771. The van der Waals surface area contributed by atoms with E-state index in [9.17, 15) is 9.59 Å². The second-order valence-electron chi connectivity index (χ2n) is 7.07. The standard InChI is InChI=1S/C19H24N4O2/c24-18(14-6-2-1-3-7-14)22-10-12-23(13-11-22)19(25)17-15-8-4-5-9-16(15)20-21-17/h4-5,8-9,14H,1-3,6-7,10-13H2,(H,20,21). The quantitative estimate of drug-likeness (QED) is 0.913. The molecule has 0 spiro atoms. The number of nitrogens with zero attached hydrogens (tertiary/aromatic N) is 3. The lowest BCUT2D eigenvalue weighted by atomic mass is 9.88. The van der Waals surface area contributed by atoms with Crippen molar-refractivity contribution in [3.8, 4) is 0 Å². The van der Waals surface area contributed by atoms with Crippen LogP contribution >= 0.6 is 0 Å². The Morgan fingerprint density at radius 2 is 1.64 bits per heavy atom. The first-order valence-electron chi connectivity index (χ1n) is 9.25. The predicted octanol–water partition coefficient (Wildman–Crippen LogP) is 2.43. The summed E-state index contributed by atoms with van der Waals surface area (Å²) in [5.41, 5.74) is 1.35. The first-order valence-corrected chi connectivity index (χ1v) is 9.25. The fourth-order valence-electron chi connectivity index (χ4n) is 4.01. The molecular weight excluding hydrogens is 316 g/mol. The highest BCUT2D eigenvalue weighted by Crippen LogP contribution is 2.26. The maximum atomic E-state index is 12.8. The van der Waals surface area contributed by atoms with Crippen molar-refractivity contribution < 1.29 is 9.59 Å². The van der Waals surface area contributed by atoms with Crippen molar-refractivity contribution in [3.05, 3.63) is 30.0 Å². The van der Waals surface area contributed by atoms with Gasteiger partial charge in [-0.3, -0.25) is 14.7 Å². The summed E-state index contributed by atoms with van der Waals surface area (Å²) in [5, 5.41) is 7.97. The maximum absolute atomic E-state index is 12.8. The maximum Gasteiger partial charge on any atom is 0.275 e. The Morgan fingerprint density at radius 1 is 0.960 bits per heavy atom. The fraction of sp³-hybridized carbons (Fsp3) is 0.526. The van der Waals surface area contributed by atoms with E-state index in [1.807, 2.05) is 34.1 Å². The Kier molecular flexibility index (Phi) is 4.42. The van der Waals surface area contributed by atoms with Gasteiger partial charge in [-0.1, -0.05) is 37.5 Å². The van der Waals surface area contributed by atoms with Crippen LogP contribution in [0.1, 0.15) is 42.6 Å². The number of hydrogen-bond acceptors (Lipinski definition) is 3. The summed E-state index contributed by atoms with van der Waals surface area (Å²) in [6.45, 7) is 2.42. The SMILES string of the molecule is O=C(c1n[nH]c2ccccc12)N1CCN(C(=O)C2CCCCC2)CC1. The average Bonchev–Trinajstić information content (AvgIpc) is 3.12. The first kappa shape index (κ1) is 16.1. The molecule has 2 heterocycles. The highest BCUT2D eigenvalue weighted by atomic mass is 16.2. The Labute approximate surface area is 147 Å². The lowest BCUT2D eigenvalue weighted by Crippen LogP contribution is -2.52. The molecule has 2 aromatic rings. The summed E-state index contributed by atoms with van der Waals surface area (Å²) in [6.07, 6.45) is 5.64. The first-order chi connectivity index (χ1) is 12.2. The predicted molar refractivity (Wildman–Crippen MR) is 95.2 cm³/mol. The number of H-pyrrole nitrogens is 1. The highest BCUT2D eigenvalue weighted by Gasteiger charge is 2.30. The molecular formula is C19H24N4O2. The minimum atomic E-state index is -0.0535. The molecule has 1 aromatic heterocycles. The van der Waals surface area contributed by atoms with E-state index in [4.69, 9.17) is 0 Å². The van der Waals surface area contributed by atoms with Gasteiger partial charge in [0, 0.05) is 37.5 Å². The van der Waals surface area contributed by atoms with E-state index >= 15 is 0 Å². The van der Waals surface area contributed by atoms with E-state index in [0.717, 1.165) is 23.7 Å². The fourth-order valence-corrected chi connectivity index (χ4v) is 4.01. The Balaban J connectivity index is 1.39. The van der Waals surface area contributed by atoms with Gasteiger partial charge in [0.05, 0.1) is 5.52 Å². The topological polar surface area (TPSA) is 69.3 Å².